The van der Waals surface area contributed by atoms with E-state index in [-0.39, 0.29) is 0 Å². The Morgan fingerprint density at radius 1 is 1.50 bits per heavy atom. The second-order valence-corrected chi connectivity index (χ2v) is 8.30. The molecule has 1 aliphatic heterocycles. The van der Waals surface area contributed by atoms with Gasteiger partial charge >= 0.3 is 0 Å². The molecule has 24 heavy (non-hydrogen) atoms. The summed E-state index contributed by atoms with van der Waals surface area (Å²) >= 11 is 3.56. The van der Waals surface area contributed by atoms with Crippen LogP contribution in [0.3, 0.4) is 0 Å². The minimum Gasteiger partial charge on any atom is -0.356 e. The summed E-state index contributed by atoms with van der Waals surface area (Å²) in [6, 6.07) is 0. The van der Waals surface area contributed by atoms with Crippen molar-refractivity contribution in [2.45, 2.75) is 31.0 Å². The van der Waals surface area contributed by atoms with Crippen LogP contribution in [0.15, 0.2) is 20.9 Å². The van der Waals surface area contributed by atoms with Gasteiger partial charge in [0.2, 0.25) is 0 Å². The maximum absolute atomic E-state index is 4.47. The molecule has 1 N–H and O–H groups in total. The largest absolute Gasteiger partial charge is 0.356 e. The van der Waals surface area contributed by atoms with Crippen LogP contribution in [0.5, 0.6) is 0 Å². The van der Waals surface area contributed by atoms with Gasteiger partial charge in [-0.3, -0.25) is 4.99 Å². The van der Waals surface area contributed by atoms with Gasteiger partial charge in [-0.05, 0) is 31.8 Å². The zero-order valence-corrected chi connectivity index (χ0v) is 16.8. The van der Waals surface area contributed by atoms with Crippen molar-refractivity contribution >= 4 is 29.1 Å². The first-order chi connectivity index (χ1) is 11.8. The number of guanidine groups is 1. The highest BCUT2D eigenvalue weighted by Crippen LogP contribution is 2.20. The Hall–Kier alpha value is -0.790. The molecule has 1 aromatic heterocycles. The average molecular weight is 370 g/mol. The van der Waals surface area contributed by atoms with E-state index in [0.717, 1.165) is 61.1 Å². The van der Waals surface area contributed by atoms with Crippen molar-refractivity contribution < 1.29 is 0 Å². The van der Waals surface area contributed by atoms with Crippen LogP contribution in [0.25, 0.3) is 0 Å². The Labute approximate surface area is 154 Å². The van der Waals surface area contributed by atoms with E-state index in [1.165, 1.54) is 13.0 Å². The fourth-order valence-electron chi connectivity index (χ4n) is 3.07. The number of rotatable bonds is 9. The molecular formula is C17H31N5S2. The molecule has 1 saturated heterocycles. The monoisotopic (exact) mass is 369 g/mol. The Bertz CT molecular complexity index is 473. The van der Waals surface area contributed by atoms with E-state index in [2.05, 4.69) is 38.9 Å². The Morgan fingerprint density at radius 3 is 3.00 bits per heavy atom. The highest BCUT2D eigenvalue weighted by atomic mass is 32.2. The van der Waals surface area contributed by atoms with Crippen LogP contribution in [0, 0.1) is 5.92 Å². The second-order valence-electron chi connectivity index (χ2n) is 6.06. The number of aliphatic imine (C=N–C) groups is 1. The molecule has 7 heteroatoms. The quantitative estimate of drug-likeness (QED) is 0.314. The predicted octanol–water partition coefficient (Wildman–Crippen LogP) is 2.86. The zero-order chi connectivity index (χ0) is 17.2. The fourth-order valence-corrected chi connectivity index (χ4v) is 4.71. The molecule has 1 atom stereocenters. The van der Waals surface area contributed by atoms with Gasteiger partial charge in [0.1, 0.15) is 4.34 Å². The van der Waals surface area contributed by atoms with Crippen LogP contribution in [-0.2, 0) is 0 Å². The molecule has 5 nitrogen and oxygen atoms in total. The van der Waals surface area contributed by atoms with E-state index < -0.39 is 0 Å². The van der Waals surface area contributed by atoms with Crippen molar-refractivity contribution in [1.82, 2.24) is 20.1 Å². The first kappa shape index (κ1) is 19.5. The Kier molecular flexibility index (Phi) is 8.91. The third kappa shape index (κ3) is 6.26. The van der Waals surface area contributed by atoms with E-state index in [4.69, 9.17) is 0 Å². The number of thioether (sulfide) groups is 1. The summed E-state index contributed by atoms with van der Waals surface area (Å²) in [6.45, 7) is 11.2. The molecule has 0 aromatic carbocycles. The molecule has 0 saturated carbocycles. The summed E-state index contributed by atoms with van der Waals surface area (Å²) in [6.07, 6.45) is 4.27. The Balaban J connectivity index is 1.64. The van der Waals surface area contributed by atoms with Gasteiger partial charge < -0.3 is 15.1 Å². The van der Waals surface area contributed by atoms with E-state index in [9.17, 15) is 0 Å². The van der Waals surface area contributed by atoms with Gasteiger partial charge in [-0.25, -0.2) is 4.98 Å². The van der Waals surface area contributed by atoms with Crippen molar-refractivity contribution in [2.75, 3.05) is 52.1 Å². The molecule has 136 valence electrons. The standard InChI is InChI=1S/C17H31N5S2/c1-4-21(5-2)13-15-7-10-22(14-15)16(18-3)19-8-6-11-23-17-20-9-12-24-17/h9,12,15H,4-8,10-11,13-14H2,1-3H3,(H,18,19). The van der Waals surface area contributed by atoms with Crippen LogP contribution in [0.2, 0.25) is 0 Å². The minimum absolute atomic E-state index is 0.768. The van der Waals surface area contributed by atoms with E-state index in [1.54, 1.807) is 11.3 Å². The molecular weight excluding hydrogens is 338 g/mol. The van der Waals surface area contributed by atoms with Crippen LogP contribution < -0.4 is 5.32 Å². The molecule has 0 amide bonds. The van der Waals surface area contributed by atoms with Gasteiger partial charge in [-0.15, -0.1) is 11.3 Å². The number of thiazole rings is 1. The highest BCUT2D eigenvalue weighted by Gasteiger charge is 2.25. The minimum atomic E-state index is 0.768. The van der Waals surface area contributed by atoms with Gasteiger partial charge in [0.25, 0.3) is 0 Å². The molecule has 1 aliphatic rings. The topological polar surface area (TPSA) is 43.8 Å². The van der Waals surface area contributed by atoms with Crippen molar-refractivity contribution in [1.29, 1.82) is 0 Å². The number of hydrogen-bond donors (Lipinski definition) is 1. The lowest BCUT2D eigenvalue weighted by atomic mass is 10.1. The van der Waals surface area contributed by atoms with Gasteiger partial charge in [0, 0.05) is 50.6 Å². The number of nitrogens with one attached hydrogen (secondary N) is 1. The number of aromatic nitrogens is 1. The normalized spacial score (nSPS) is 18.6. The summed E-state index contributed by atoms with van der Waals surface area (Å²) in [7, 11) is 1.89. The number of hydrogen-bond acceptors (Lipinski definition) is 5. The molecule has 1 fully saturated rings. The van der Waals surface area contributed by atoms with E-state index >= 15 is 0 Å². The van der Waals surface area contributed by atoms with E-state index in [0.29, 0.717) is 0 Å². The lowest BCUT2D eigenvalue weighted by Gasteiger charge is -2.24. The van der Waals surface area contributed by atoms with Gasteiger partial charge in [0.15, 0.2) is 5.96 Å². The molecule has 0 aliphatic carbocycles. The molecule has 2 heterocycles. The third-order valence-electron chi connectivity index (χ3n) is 4.45. The lowest BCUT2D eigenvalue weighted by Crippen LogP contribution is -2.41. The van der Waals surface area contributed by atoms with Gasteiger partial charge in [-0.2, -0.15) is 0 Å². The summed E-state index contributed by atoms with van der Waals surface area (Å²) in [4.78, 5) is 13.7. The second kappa shape index (κ2) is 10.9. The van der Waals surface area contributed by atoms with Crippen molar-refractivity contribution in [2.24, 2.45) is 10.9 Å². The SMILES string of the molecule is CCN(CC)CC1CCN(C(=NC)NCCCSc2nccs2)C1. The fraction of sp³-hybridized carbons (Fsp3) is 0.765. The molecule has 0 spiro atoms. The van der Waals surface area contributed by atoms with Crippen LogP contribution in [-0.4, -0.2) is 72.8 Å². The van der Waals surface area contributed by atoms with Gasteiger partial charge in [0.05, 0.1) is 0 Å². The summed E-state index contributed by atoms with van der Waals surface area (Å²) in [5, 5.41) is 5.56. The average Bonchev–Trinajstić information content (AvgIpc) is 3.28. The van der Waals surface area contributed by atoms with Crippen LogP contribution in [0.4, 0.5) is 0 Å². The van der Waals surface area contributed by atoms with Crippen LogP contribution in [0.1, 0.15) is 26.7 Å². The van der Waals surface area contributed by atoms with Gasteiger partial charge in [-0.1, -0.05) is 25.6 Å². The third-order valence-corrected chi connectivity index (χ3v) is 6.50. The molecule has 0 bridgehead atoms. The first-order valence-corrected chi connectivity index (χ1v) is 10.8. The highest BCUT2D eigenvalue weighted by molar-refractivity contribution is 8.00. The van der Waals surface area contributed by atoms with Crippen molar-refractivity contribution in [3.8, 4) is 0 Å². The Morgan fingerprint density at radius 2 is 2.33 bits per heavy atom. The number of nitrogens with zero attached hydrogens (tertiary/aromatic N) is 4. The smallest absolute Gasteiger partial charge is 0.193 e. The van der Waals surface area contributed by atoms with E-state index in [1.807, 2.05) is 30.4 Å². The molecule has 1 unspecified atom stereocenters. The predicted molar refractivity (Wildman–Crippen MR) is 106 cm³/mol. The molecule has 0 radical (unpaired) electrons. The summed E-state index contributed by atoms with van der Waals surface area (Å²) < 4.78 is 1.16. The summed E-state index contributed by atoms with van der Waals surface area (Å²) in [5.74, 6) is 2.93. The van der Waals surface area contributed by atoms with Crippen molar-refractivity contribution in [3.63, 3.8) is 0 Å². The van der Waals surface area contributed by atoms with Crippen molar-refractivity contribution in [3.05, 3.63) is 11.6 Å². The molecule has 2 rings (SSSR count). The number of likely N-dealkylation sites (tertiary alicyclic amines) is 1. The first-order valence-electron chi connectivity index (χ1n) is 8.97. The maximum Gasteiger partial charge on any atom is 0.193 e. The zero-order valence-electron chi connectivity index (χ0n) is 15.2. The lowest BCUT2D eigenvalue weighted by molar-refractivity contribution is 0.255. The molecule has 1 aromatic rings. The summed E-state index contributed by atoms with van der Waals surface area (Å²) in [5.41, 5.74) is 0. The van der Waals surface area contributed by atoms with Crippen LogP contribution >= 0.6 is 23.1 Å². The maximum atomic E-state index is 4.47.